The van der Waals surface area contributed by atoms with Crippen molar-refractivity contribution in [1.82, 2.24) is 24.8 Å². The minimum Gasteiger partial charge on any atom is -0.465 e. The summed E-state index contributed by atoms with van der Waals surface area (Å²) in [7, 11) is 1.49. The van der Waals surface area contributed by atoms with Crippen molar-refractivity contribution < 1.29 is 4.74 Å². The molecule has 0 aliphatic rings. The molecule has 0 radical (unpaired) electrons. The average Bonchev–Trinajstić information content (AvgIpc) is 2.50. The summed E-state index contributed by atoms with van der Waals surface area (Å²) < 4.78 is 6.25. The second-order valence-electron chi connectivity index (χ2n) is 1.86. The van der Waals surface area contributed by atoms with Gasteiger partial charge in [0.25, 0.3) is 5.78 Å². The molecule has 11 heavy (non-hydrogen) atoms. The summed E-state index contributed by atoms with van der Waals surface area (Å²) in [5, 5.41) is 11.3. The van der Waals surface area contributed by atoms with E-state index < -0.39 is 0 Å². The molecule has 0 unspecified atom stereocenters. The predicted molar refractivity (Wildman–Crippen MR) is 35.1 cm³/mol. The van der Waals surface area contributed by atoms with E-state index in [0.717, 1.165) is 0 Å². The van der Waals surface area contributed by atoms with Gasteiger partial charge in [-0.3, -0.25) is 0 Å². The number of nitrogens with zero attached hydrogens (tertiary/aromatic N) is 5. The molecule has 0 amide bonds. The summed E-state index contributed by atoms with van der Waals surface area (Å²) in [5.74, 6) is 0.464. The minimum absolute atomic E-state index is 0.232. The molecular formula is C5H5N5O. The molecule has 0 saturated carbocycles. The van der Waals surface area contributed by atoms with Gasteiger partial charge in [-0.15, -0.1) is 10.2 Å². The van der Waals surface area contributed by atoms with Crippen LogP contribution in [0.25, 0.3) is 5.78 Å². The van der Waals surface area contributed by atoms with Crippen LogP contribution in [0.1, 0.15) is 0 Å². The molecule has 2 aromatic rings. The Morgan fingerprint density at radius 3 is 3.18 bits per heavy atom. The molecule has 0 spiro atoms. The lowest BCUT2D eigenvalue weighted by Gasteiger charge is -1.94. The van der Waals surface area contributed by atoms with Crippen LogP contribution in [-0.4, -0.2) is 31.9 Å². The summed E-state index contributed by atoms with van der Waals surface area (Å²) >= 11 is 0. The normalized spacial score (nSPS) is 10.3. The highest BCUT2D eigenvalue weighted by atomic mass is 16.5. The second-order valence-corrected chi connectivity index (χ2v) is 1.86. The Bertz CT molecular complexity index is 370. The number of fused-ring (bicyclic) bond motifs is 1. The van der Waals surface area contributed by atoms with Crippen LogP contribution in [0.3, 0.4) is 0 Å². The van der Waals surface area contributed by atoms with E-state index in [2.05, 4.69) is 20.3 Å². The standard InChI is InChI=1S/C5H5N5O/c1-11-5-8-7-4-6-2-3-10(4)9-5/h2-3H,1H3. The van der Waals surface area contributed by atoms with E-state index in [4.69, 9.17) is 4.74 Å². The topological polar surface area (TPSA) is 65.2 Å². The van der Waals surface area contributed by atoms with E-state index in [1.807, 2.05) is 0 Å². The molecule has 2 rings (SSSR count). The van der Waals surface area contributed by atoms with Crippen LogP contribution in [0, 0.1) is 0 Å². The van der Waals surface area contributed by atoms with Crippen molar-refractivity contribution in [1.29, 1.82) is 0 Å². The number of ether oxygens (including phenoxy) is 1. The second kappa shape index (κ2) is 2.15. The number of hydrogen-bond donors (Lipinski definition) is 0. The van der Waals surface area contributed by atoms with Gasteiger partial charge in [0.1, 0.15) is 0 Å². The number of imidazole rings is 1. The lowest BCUT2D eigenvalue weighted by molar-refractivity contribution is 0.364. The van der Waals surface area contributed by atoms with Crippen LogP contribution in [0.2, 0.25) is 0 Å². The van der Waals surface area contributed by atoms with Crippen molar-refractivity contribution >= 4 is 5.78 Å². The molecule has 0 N–H and O–H groups in total. The maximum Gasteiger partial charge on any atom is 0.353 e. The summed E-state index contributed by atoms with van der Waals surface area (Å²) in [5.41, 5.74) is 0. The molecule has 0 atom stereocenters. The van der Waals surface area contributed by atoms with Crippen LogP contribution in [0.4, 0.5) is 0 Å². The third kappa shape index (κ3) is 0.878. The molecule has 56 valence electrons. The summed E-state index contributed by atoms with van der Waals surface area (Å²) in [6.07, 6.45) is 3.27. The zero-order chi connectivity index (χ0) is 7.68. The number of hydrogen-bond acceptors (Lipinski definition) is 5. The van der Waals surface area contributed by atoms with E-state index >= 15 is 0 Å². The van der Waals surface area contributed by atoms with Gasteiger partial charge in [0.05, 0.1) is 13.3 Å². The molecule has 0 saturated heterocycles. The van der Waals surface area contributed by atoms with Gasteiger partial charge in [0, 0.05) is 6.20 Å². The molecule has 0 bridgehead atoms. The summed E-state index contributed by atoms with van der Waals surface area (Å²) in [4.78, 5) is 3.87. The van der Waals surface area contributed by atoms with Crippen LogP contribution < -0.4 is 4.74 Å². The predicted octanol–water partition coefficient (Wildman–Crippen LogP) is -0.472. The largest absolute Gasteiger partial charge is 0.465 e. The van der Waals surface area contributed by atoms with Gasteiger partial charge in [-0.2, -0.15) is 4.52 Å². The fraction of sp³-hybridized carbons (Fsp3) is 0.200. The van der Waals surface area contributed by atoms with Crippen molar-refractivity contribution in [3.05, 3.63) is 12.4 Å². The third-order valence-electron chi connectivity index (χ3n) is 1.20. The maximum atomic E-state index is 4.76. The Morgan fingerprint density at radius 1 is 1.45 bits per heavy atom. The van der Waals surface area contributed by atoms with Crippen molar-refractivity contribution in [2.45, 2.75) is 0 Å². The highest BCUT2D eigenvalue weighted by molar-refractivity contribution is 5.22. The van der Waals surface area contributed by atoms with Gasteiger partial charge < -0.3 is 4.74 Å². The highest BCUT2D eigenvalue weighted by Crippen LogP contribution is 1.97. The number of rotatable bonds is 1. The van der Waals surface area contributed by atoms with Gasteiger partial charge in [0.15, 0.2) is 0 Å². The Morgan fingerprint density at radius 2 is 2.36 bits per heavy atom. The molecule has 0 aromatic carbocycles. The quantitative estimate of drug-likeness (QED) is 0.551. The number of methoxy groups -OCH3 is 1. The minimum atomic E-state index is 0.232. The Labute approximate surface area is 61.8 Å². The first-order chi connectivity index (χ1) is 5.40. The van der Waals surface area contributed by atoms with Gasteiger partial charge in [-0.25, -0.2) is 4.98 Å². The van der Waals surface area contributed by atoms with Crippen molar-refractivity contribution in [2.75, 3.05) is 7.11 Å². The molecule has 0 fully saturated rings. The fourth-order valence-corrected chi connectivity index (χ4v) is 0.720. The molecule has 6 heteroatoms. The fourth-order valence-electron chi connectivity index (χ4n) is 0.720. The van der Waals surface area contributed by atoms with E-state index in [1.54, 1.807) is 12.4 Å². The smallest absolute Gasteiger partial charge is 0.353 e. The van der Waals surface area contributed by atoms with Crippen molar-refractivity contribution in [3.8, 4) is 6.01 Å². The van der Waals surface area contributed by atoms with E-state index in [-0.39, 0.29) is 6.01 Å². The van der Waals surface area contributed by atoms with E-state index in [1.165, 1.54) is 11.6 Å². The van der Waals surface area contributed by atoms with E-state index in [0.29, 0.717) is 5.78 Å². The van der Waals surface area contributed by atoms with Crippen LogP contribution in [0.5, 0.6) is 6.01 Å². The van der Waals surface area contributed by atoms with Crippen molar-refractivity contribution in [3.63, 3.8) is 0 Å². The molecule has 0 aliphatic carbocycles. The van der Waals surface area contributed by atoms with Crippen molar-refractivity contribution in [2.24, 2.45) is 0 Å². The molecule has 6 nitrogen and oxygen atoms in total. The SMILES string of the molecule is COc1nnc2nccn2n1. The van der Waals surface area contributed by atoms with Crippen LogP contribution in [-0.2, 0) is 0 Å². The van der Waals surface area contributed by atoms with Gasteiger partial charge >= 0.3 is 6.01 Å². The molecule has 2 aromatic heterocycles. The zero-order valence-electron chi connectivity index (χ0n) is 5.80. The highest BCUT2D eigenvalue weighted by Gasteiger charge is 1.98. The number of aromatic nitrogens is 5. The monoisotopic (exact) mass is 151 g/mol. The lowest BCUT2D eigenvalue weighted by atomic mass is 11.0. The van der Waals surface area contributed by atoms with Gasteiger partial charge in [-0.05, 0) is 0 Å². The third-order valence-corrected chi connectivity index (χ3v) is 1.20. The first-order valence-electron chi connectivity index (χ1n) is 2.98. The van der Waals surface area contributed by atoms with Crippen LogP contribution >= 0.6 is 0 Å². The first kappa shape index (κ1) is 6.02. The van der Waals surface area contributed by atoms with Gasteiger partial charge in [0.2, 0.25) is 0 Å². The molecular weight excluding hydrogens is 146 g/mol. The van der Waals surface area contributed by atoms with E-state index in [9.17, 15) is 0 Å². The van der Waals surface area contributed by atoms with Crippen LogP contribution in [0.15, 0.2) is 12.4 Å². The first-order valence-corrected chi connectivity index (χ1v) is 2.98. The Kier molecular flexibility index (Phi) is 1.18. The van der Waals surface area contributed by atoms with Gasteiger partial charge in [-0.1, -0.05) is 5.10 Å². The summed E-state index contributed by atoms with van der Waals surface area (Å²) in [6.45, 7) is 0. The maximum absolute atomic E-state index is 4.76. The Balaban J connectivity index is 2.67. The molecule has 2 heterocycles. The average molecular weight is 151 g/mol. The zero-order valence-corrected chi connectivity index (χ0v) is 5.80. The Hall–Kier alpha value is -1.72. The lowest BCUT2D eigenvalue weighted by Crippen LogP contribution is -2.00. The summed E-state index contributed by atoms with van der Waals surface area (Å²) in [6, 6.07) is 0.232. The molecule has 0 aliphatic heterocycles.